The van der Waals surface area contributed by atoms with Crippen LogP contribution in [0.25, 0.3) is 10.8 Å². The molecule has 7 nitrogen and oxygen atoms in total. The van der Waals surface area contributed by atoms with Crippen LogP contribution in [0.4, 0.5) is 20.3 Å². The minimum atomic E-state index is -3.33. The lowest BCUT2D eigenvalue weighted by Crippen LogP contribution is -2.37. The van der Waals surface area contributed by atoms with E-state index in [9.17, 15) is 13.6 Å². The zero-order valence-corrected chi connectivity index (χ0v) is 20.0. The number of fused-ring (bicyclic) bond motifs is 2. The van der Waals surface area contributed by atoms with Gasteiger partial charge in [0.15, 0.2) is 11.4 Å². The number of hydrogen-bond donors (Lipinski definition) is 2. The van der Waals surface area contributed by atoms with Gasteiger partial charge in [0.1, 0.15) is 6.61 Å². The molecular weight excluding hydrogens is 442 g/mol. The van der Waals surface area contributed by atoms with Crippen molar-refractivity contribution in [2.75, 3.05) is 31.0 Å². The molecule has 0 spiro atoms. The molecule has 0 aliphatic carbocycles. The van der Waals surface area contributed by atoms with Gasteiger partial charge in [0.2, 0.25) is 0 Å². The van der Waals surface area contributed by atoms with E-state index in [0.717, 1.165) is 22.0 Å². The summed E-state index contributed by atoms with van der Waals surface area (Å²) < 4.78 is 34.1. The Morgan fingerprint density at radius 2 is 1.94 bits per heavy atom. The predicted octanol–water partition coefficient (Wildman–Crippen LogP) is 4.34. The number of aliphatic hydroxyl groups excluding tert-OH is 1. The summed E-state index contributed by atoms with van der Waals surface area (Å²) in [6.45, 7) is 5.77. The van der Waals surface area contributed by atoms with Crippen LogP contribution in [0.15, 0.2) is 30.3 Å². The number of benzene rings is 2. The zero-order chi connectivity index (χ0) is 25.0. The van der Waals surface area contributed by atoms with Crippen molar-refractivity contribution in [2.24, 2.45) is 0 Å². The number of aliphatic hydroxyl groups is 1. The largest absolute Gasteiger partial charge is 0.390 e. The number of amides is 1. The monoisotopic (exact) mass is 470 g/mol. The molecule has 4 rings (SSSR count). The van der Waals surface area contributed by atoms with E-state index in [-0.39, 0.29) is 17.5 Å². The number of likely N-dealkylation sites (N-methyl/N-ethyl adjacent to an activating group) is 1. The van der Waals surface area contributed by atoms with Gasteiger partial charge in [0, 0.05) is 36.1 Å². The van der Waals surface area contributed by atoms with Gasteiger partial charge in [-0.2, -0.15) is 13.9 Å². The molecule has 2 heterocycles. The van der Waals surface area contributed by atoms with Crippen LogP contribution in [0.2, 0.25) is 0 Å². The van der Waals surface area contributed by atoms with E-state index < -0.39 is 18.1 Å². The van der Waals surface area contributed by atoms with E-state index in [1.165, 1.54) is 13.2 Å². The number of alkyl halides is 2. The number of rotatable bonds is 6. The molecule has 0 fully saturated rings. The molecule has 0 bridgehead atoms. The van der Waals surface area contributed by atoms with E-state index in [0.29, 0.717) is 22.6 Å². The molecule has 2 N–H and O–H groups in total. The van der Waals surface area contributed by atoms with E-state index >= 15 is 0 Å². The number of nitrogens with zero attached hydrogens (tertiary/aromatic N) is 3. The van der Waals surface area contributed by atoms with E-state index in [2.05, 4.69) is 15.5 Å². The van der Waals surface area contributed by atoms with Crippen molar-refractivity contribution in [3.63, 3.8) is 0 Å². The number of carbonyl (C=O) groups excluding carboxylic acids is 1. The number of ether oxygens (including phenoxy) is 1. The molecule has 1 unspecified atom stereocenters. The molecule has 0 saturated heterocycles. The van der Waals surface area contributed by atoms with Crippen LogP contribution in [0, 0.1) is 13.8 Å². The molecular formula is C25H28F2N4O3. The molecule has 2 atom stereocenters. The Hall–Kier alpha value is -3.17. The van der Waals surface area contributed by atoms with Crippen molar-refractivity contribution in [3.8, 4) is 0 Å². The number of anilines is 2. The molecule has 1 amide bonds. The lowest BCUT2D eigenvalue weighted by molar-refractivity contribution is -0.137. The van der Waals surface area contributed by atoms with Gasteiger partial charge in [0.25, 0.3) is 11.8 Å². The summed E-state index contributed by atoms with van der Waals surface area (Å²) in [5, 5.41) is 22.6. The molecule has 0 radical (unpaired) electrons. The Morgan fingerprint density at radius 3 is 2.59 bits per heavy atom. The summed E-state index contributed by atoms with van der Waals surface area (Å²) in [4.78, 5) is 14.5. The number of hydrogen-bond acceptors (Lipinski definition) is 6. The average Bonchev–Trinajstić information content (AvgIpc) is 3.01. The Bertz CT molecular complexity index is 1300. The van der Waals surface area contributed by atoms with Crippen molar-refractivity contribution >= 4 is 28.2 Å². The molecule has 1 aliphatic heterocycles. The van der Waals surface area contributed by atoms with Gasteiger partial charge >= 0.3 is 0 Å². The third-order valence-electron chi connectivity index (χ3n) is 6.87. The second kappa shape index (κ2) is 8.25. The second-order valence-corrected chi connectivity index (χ2v) is 8.90. The first-order chi connectivity index (χ1) is 16.0. The number of carbonyl (C=O) groups is 1. The lowest BCUT2D eigenvalue weighted by atomic mass is 9.93. The summed E-state index contributed by atoms with van der Waals surface area (Å²) in [5.74, 6) is -3.03. The summed E-state index contributed by atoms with van der Waals surface area (Å²) in [6.07, 6.45) is 0. The average molecular weight is 471 g/mol. The highest BCUT2D eigenvalue weighted by Gasteiger charge is 2.47. The summed E-state index contributed by atoms with van der Waals surface area (Å²) in [5.41, 5.74) is 1.87. The van der Waals surface area contributed by atoms with Crippen molar-refractivity contribution in [3.05, 3.63) is 58.3 Å². The van der Waals surface area contributed by atoms with Crippen molar-refractivity contribution in [1.29, 1.82) is 0 Å². The van der Waals surface area contributed by atoms with Gasteiger partial charge < -0.3 is 20.1 Å². The highest BCUT2D eigenvalue weighted by molar-refractivity contribution is 6.10. The lowest BCUT2D eigenvalue weighted by Gasteiger charge is -2.23. The standard InChI is InChI=1S/C25H28F2N4O3/c1-13-16(8-7-9-19(13)25(26,27)12-32)14(2)28-22-18-10-20-21(11-17(18)15(3)29-30-22)31(5)23(33)24(20,4)34-6/h7-11,14,32H,12H2,1-6H3,(H,28,30)/t14-,24?/m1/s1. The van der Waals surface area contributed by atoms with Crippen LogP contribution >= 0.6 is 0 Å². The van der Waals surface area contributed by atoms with Gasteiger partial charge in [-0.05, 0) is 51.0 Å². The minimum Gasteiger partial charge on any atom is -0.390 e. The van der Waals surface area contributed by atoms with Crippen molar-refractivity contribution < 1.29 is 23.4 Å². The Morgan fingerprint density at radius 1 is 1.24 bits per heavy atom. The van der Waals surface area contributed by atoms with E-state index in [4.69, 9.17) is 9.84 Å². The quantitative estimate of drug-likeness (QED) is 0.557. The summed E-state index contributed by atoms with van der Waals surface area (Å²) in [6, 6.07) is 8.04. The third kappa shape index (κ3) is 3.50. The topological polar surface area (TPSA) is 87.6 Å². The fourth-order valence-corrected chi connectivity index (χ4v) is 4.71. The van der Waals surface area contributed by atoms with Crippen molar-refractivity contribution in [2.45, 2.75) is 45.3 Å². The van der Waals surface area contributed by atoms with Crippen LogP contribution < -0.4 is 10.2 Å². The molecule has 180 valence electrons. The number of aromatic nitrogens is 2. The summed E-state index contributed by atoms with van der Waals surface area (Å²) in [7, 11) is 3.21. The van der Waals surface area contributed by atoms with Crippen LogP contribution in [0.1, 0.15) is 47.8 Å². The number of aryl methyl sites for hydroxylation is 1. The van der Waals surface area contributed by atoms with Crippen LogP contribution in [0.3, 0.4) is 0 Å². The minimum absolute atomic E-state index is 0.168. The van der Waals surface area contributed by atoms with E-state index in [1.807, 2.05) is 26.0 Å². The highest BCUT2D eigenvalue weighted by atomic mass is 19.3. The van der Waals surface area contributed by atoms with Gasteiger partial charge in [-0.1, -0.05) is 18.2 Å². The first-order valence-corrected chi connectivity index (χ1v) is 11.0. The maximum atomic E-state index is 14.2. The molecule has 2 aromatic carbocycles. The smallest absolute Gasteiger partial charge is 0.296 e. The van der Waals surface area contributed by atoms with Gasteiger partial charge in [-0.3, -0.25) is 4.79 Å². The van der Waals surface area contributed by atoms with E-state index in [1.54, 1.807) is 37.9 Å². The van der Waals surface area contributed by atoms with Crippen LogP contribution in [-0.4, -0.2) is 42.0 Å². The molecule has 34 heavy (non-hydrogen) atoms. The Labute approximate surface area is 196 Å². The van der Waals surface area contributed by atoms with Crippen LogP contribution in [0.5, 0.6) is 0 Å². The first kappa shape index (κ1) is 24.0. The predicted molar refractivity (Wildman–Crippen MR) is 126 cm³/mol. The number of methoxy groups -OCH3 is 1. The fourth-order valence-electron chi connectivity index (χ4n) is 4.71. The van der Waals surface area contributed by atoms with Gasteiger partial charge in [0.05, 0.1) is 17.4 Å². The maximum absolute atomic E-state index is 14.2. The summed E-state index contributed by atoms with van der Waals surface area (Å²) >= 11 is 0. The SMILES string of the molecule is COC1(C)C(=O)N(C)c2cc3c(C)nnc(N[C@H](C)c4cccc(C(F)(F)CO)c4C)c3cc21. The molecule has 1 aliphatic rings. The number of nitrogens with one attached hydrogen (secondary N) is 1. The number of halogens is 2. The molecule has 0 saturated carbocycles. The molecule has 9 heteroatoms. The Kier molecular flexibility index (Phi) is 5.81. The Balaban J connectivity index is 1.81. The third-order valence-corrected chi connectivity index (χ3v) is 6.87. The fraction of sp³-hybridized carbons (Fsp3) is 0.400. The van der Waals surface area contributed by atoms with Gasteiger partial charge in [-0.15, -0.1) is 5.10 Å². The molecule has 3 aromatic rings. The normalized spacial score (nSPS) is 19.0. The first-order valence-electron chi connectivity index (χ1n) is 11.0. The van der Waals surface area contributed by atoms with Crippen LogP contribution in [-0.2, 0) is 21.1 Å². The maximum Gasteiger partial charge on any atom is 0.296 e. The molecule has 1 aromatic heterocycles. The van der Waals surface area contributed by atoms with Crippen molar-refractivity contribution in [1.82, 2.24) is 10.2 Å². The second-order valence-electron chi connectivity index (χ2n) is 8.90. The zero-order valence-electron chi connectivity index (χ0n) is 20.0. The van der Waals surface area contributed by atoms with Gasteiger partial charge in [-0.25, -0.2) is 0 Å². The highest BCUT2D eigenvalue weighted by Crippen LogP contribution is 2.45.